The molecule has 0 atom stereocenters. The highest BCUT2D eigenvalue weighted by Gasteiger charge is 2.04. The highest BCUT2D eigenvalue weighted by atomic mass is 16.1. The maximum absolute atomic E-state index is 11.5. The van der Waals surface area contributed by atoms with Crippen LogP contribution in [0.15, 0.2) is 24.3 Å². The number of carbonyl (C=O) groups excluding carboxylic acids is 1. The minimum absolute atomic E-state index is 0.136. The molecule has 2 nitrogen and oxygen atoms in total. The quantitative estimate of drug-likeness (QED) is 0.810. The van der Waals surface area contributed by atoms with Crippen LogP contribution < -0.4 is 5.32 Å². The summed E-state index contributed by atoms with van der Waals surface area (Å²) >= 11 is 0. The van der Waals surface area contributed by atoms with Gasteiger partial charge in [-0.15, -0.1) is 0 Å². The summed E-state index contributed by atoms with van der Waals surface area (Å²) in [5.74, 6) is 0.555. The van der Waals surface area contributed by atoms with Crippen LogP contribution in [0, 0.1) is 5.92 Å². The Morgan fingerprint density at radius 3 is 2.62 bits per heavy atom. The predicted octanol–water partition coefficient (Wildman–Crippen LogP) is 2.91. The number of hydrogen-bond donors (Lipinski definition) is 1. The number of amides is 1. The Labute approximate surface area is 98.1 Å². The zero-order valence-electron chi connectivity index (χ0n) is 10.4. The van der Waals surface area contributed by atoms with E-state index in [-0.39, 0.29) is 5.91 Å². The molecule has 0 aromatic heterocycles. The van der Waals surface area contributed by atoms with Crippen molar-refractivity contribution in [3.8, 4) is 0 Å². The van der Waals surface area contributed by atoms with Crippen LogP contribution in [-0.4, -0.2) is 5.91 Å². The number of rotatable bonds is 5. The lowest BCUT2D eigenvalue weighted by molar-refractivity contribution is -0.121. The van der Waals surface area contributed by atoms with Crippen molar-refractivity contribution in [1.82, 2.24) is 5.32 Å². The molecule has 0 unspecified atom stereocenters. The Bertz CT molecular complexity index is 344. The third kappa shape index (κ3) is 4.47. The van der Waals surface area contributed by atoms with Gasteiger partial charge in [-0.2, -0.15) is 0 Å². The molecule has 1 amide bonds. The Morgan fingerprint density at radius 1 is 1.31 bits per heavy atom. The third-order valence-corrected chi connectivity index (χ3v) is 2.48. The van der Waals surface area contributed by atoms with Crippen LogP contribution in [0.4, 0.5) is 0 Å². The van der Waals surface area contributed by atoms with Crippen molar-refractivity contribution in [2.75, 3.05) is 0 Å². The van der Waals surface area contributed by atoms with Crippen LogP contribution in [0.3, 0.4) is 0 Å². The summed E-state index contributed by atoms with van der Waals surface area (Å²) in [6.07, 6.45) is 1.64. The lowest BCUT2D eigenvalue weighted by Crippen LogP contribution is -2.23. The van der Waals surface area contributed by atoms with E-state index in [1.54, 1.807) is 0 Å². The van der Waals surface area contributed by atoms with Gasteiger partial charge in [-0.05, 0) is 23.5 Å². The maximum Gasteiger partial charge on any atom is 0.220 e. The number of nitrogens with one attached hydrogen (secondary N) is 1. The number of aryl methyl sites for hydroxylation is 1. The largest absolute Gasteiger partial charge is 0.352 e. The maximum atomic E-state index is 11.5. The Kier molecular flexibility index (Phi) is 5.03. The topological polar surface area (TPSA) is 29.1 Å². The van der Waals surface area contributed by atoms with Crippen LogP contribution >= 0.6 is 0 Å². The summed E-state index contributed by atoms with van der Waals surface area (Å²) < 4.78 is 0. The molecule has 0 saturated heterocycles. The summed E-state index contributed by atoms with van der Waals surface area (Å²) in [4.78, 5) is 11.5. The van der Waals surface area contributed by atoms with Gasteiger partial charge in [0.05, 0.1) is 0 Å². The van der Waals surface area contributed by atoms with Gasteiger partial charge >= 0.3 is 0 Å². The van der Waals surface area contributed by atoms with E-state index in [1.165, 1.54) is 11.1 Å². The van der Waals surface area contributed by atoms with Crippen molar-refractivity contribution in [2.45, 2.75) is 40.2 Å². The third-order valence-electron chi connectivity index (χ3n) is 2.48. The standard InChI is InChI=1S/C14H21NO/c1-4-12-6-5-7-13(9-12)10-15-14(16)8-11(2)3/h5-7,9,11H,4,8,10H2,1-3H3,(H,15,16). The smallest absolute Gasteiger partial charge is 0.220 e. The molecule has 1 aromatic rings. The Morgan fingerprint density at radius 2 is 2.00 bits per heavy atom. The van der Waals surface area contributed by atoms with E-state index in [0.717, 1.165) is 6.42 Å². The SMILES string of the molecule is CCc1cccc(CNC(=O)CC(C)C)c1. The minimum atomic E-state index is 0.136. The average Bonchev–Trinajstić information content (AvgIpc) is 2.26. The summed E-state index contributed by atoms with van der Waals surface area (Å²) in [7, 11) is 0. The molecule has 1 rings (SSSR count). The first-order valence-electron chi connectivity index (χ1n) is 5.96. The van der Waals surface area contributed by atoms with Gasteiger partial charge in [-0.3, -0.25) is 4.79 Å². The fraction of sp³-hybridized carbons (Fsp3) is 0.500. The van der Waals surface area contributed by atoms with E-state index in [0.29, 0.717) is 18.9 Å². The van der Waals surface area contributed by atoms with Gasteiger partial charge < -0.3 is 5.32 Å². The van der Waals surface area contributed by atoms with Crippen LogP contribution in [0.2, 0.25) is 0 Å². The molecule has 0 bridgehead atoms. The molecule has 0 radical (unpaired) electrons. The lowest BCUT2D eigenvalue weighted by Gasteiger charge is -2.08. The summed E-state index contributed by atoms with van der Waals surface area (Å²) in [5.41, 5.74) is 2.49. The number of carbonyl (C=O) groups is 1. The number of hydrogen-bond acceptors (Lipinski definition) is 1. The molecule has 0 saturated carbocycles. The van der Waals surface area contributed by atoms with Crippen LogP contribution in [0.1, 0.15) is 38.3 Å². The van der Waals surface area contributed by atoms with Crippen molar-refractivity contribution in [3.05, 3.63) is 35.4 Å². The van der Waals surface area contributed by atoms with Crippen molar-refractivity contribution >= 4 is 5.91 Å². The summed E-state index contributed by atoms with van der Waals surface area (Å²) in [6.45, 7) is 6.88. The van der Waals surface area contributed by atoms with Crippen LogP contribution in [0.5, 0.6) is 0 Å². The second-order valence-corrected chi connectivity index (χ2v) is 4.55. The first kappa shape index (κ1) is 12.8. The molecule has 88 valence electrons. The fourth-order valence-electron chi connectivity index (χ4n) is 1.60. The molecule has 0 aliphatic heterocycles. The van der Waals surface area contributed by atoms with E-state index in [1.807, 2.05) is 6.07 Å². The molecular weight excluding hydrogens is 198 g/mol. The summed E-state index contributed by atoms with van der Waals surface area (Å²) in [6, 6.07) is 8.35. The second-order valence-electron chi connectivity index (χ2n) is 4.55. The van der Waals surface area contributed by atoms with E-state index < -0.39 is 0 Å². The van der Waals surface area contributed by atoms with Crippen LogP contribution in [-0.2, 0) is 17.8 Å². The zero-order chi connectivity index (χ0) is 12.0. The van der Waals surface area contributed by atoms with Gasteiger partial charge in [0.25, 0.3) is 0 Å². The van der Waals surface area contributed by atoms with Crippen LogP contribution in [0.25, 0.3) is 0 Å². The first-order chi connectivity index (χ1) is 7.61. The van der Waals surface area contributed by atoms with Gasteiger partial charge in [-0.25, -0.2) is 0 Å². The second kappa shape index (κ2) is 6.31. The molecular formula is C14H21NO. The fourth-order valence-corrected chi connectivity index (χ4v) is 1.60. The normalized spacial score (nSPS) is 10.5. The molecule has 0 aliphatic rings. The molecule has 16 heavy (non-hydrogen) atoms. The Hall–Kier alpha value is -1.31. The average molecular weight is 219 g/mol. The van der Waals surface area contributed by atoms with Gasteiger partial charge in [0.15, 0.2) is 0 Å². The van der Waals surface area contributed by atoms with E-state index in [9.17, 15) is 4.79 Å². The molecule has 1 N–H and O–H groups in total. The first-order valence-corrected chi connectivity index (χ1v) is 5.96. The van der Waals surface area contributed by atoms with Gasteiger partial charge in [0.1, 0.15) is 0 Å². The number of benzene rings is 1. The molecule has 0 fully saturated rings. The van der Waals surface area contributed by atoms with Crippen molar-refractivity contribution in [1.29, 1.82) is 0 Å². The predicted molar refractivity (Wildman–Crippen MR) is 67.1 cm³/mol. The van der Waals surface area contributed by atoms with E-state index in [4.69, 9.17) is 0 Å². The van der Waals surface area contributed by atoms with Crippen molar-refractivity contribution in [2.24, 2.45) is 5.92 Å². The lowest BCUT2D eigenvalue weighted by atomic mass is 10.1. The zero-order valence-corrected chi connectivity index (χ0v) is 10.4. The minimum Gasteiger partial charge on any atom is -0.352 e. The monoisotopic (exact) mass is 219 g/mol. The molecule has 1 aromatic carbocycles. The van der Waals surface area contributed by atoms with Gasteiger partial charge in [0, 0.05) is 13.0 Å². The van der Waals surface area contributed by atoms with E-state index in [2.05, 4.69) is 44.3 Å². The molecule has 0 aliphatic carbocycles. The molecule has 0 heterocycles. The van der Waals surface area contributed by atoms with Gasteiger partial charge in [0.2, 0.25) is 5.91 Å². The van der Waals surface area contributed by atoms with Crippen molar-refractivity contribution in [3.63, 3.8) is 0 Å². The molecule has 0 spiro atoms. The summed E-state index contributed by atoms with van der Waals surface area (Å²) in [5, 5.41) is 2.94. The van der Waals surface area contributed by atoms with Crippen molar-refractivity contribution < 1.29 is 4.79 Å². The highest BCUT2D eigenvalue weighted by molar-refractivity contribution is 5.76. The van der Waals surface area contributed by atoms with E-state index >= 15 is 0 Å². The van der Waals surface area contributed by atoms with Gasteiger partial charge in [-0.1, -0.05) is 45.0 Å². The molecule has 2 heteroatoms. The Balaban J connectivity index is 2.45. The highest BCUT2D eigenvalue weighted by Crippen LogP contribution is 2.06.